The molecule has 0 bridgehead atoms. The molecule has 1 aliphatic rings. The molecule has 5 nitrogen and oxygen atoms in total. The number of likely N-dealkylation sites (N-methyl/N-ethyl adjacent to an activating group) is 1. The SMILES string of the molecule is Cc1nc2c(s1)CCCC2CN(C)C(=O)c1c(C)noc1C. The predicted molar refractivity (Wildman–Crippen MR) is 85.5 cm³/mol. The van der Waals surface area contributed by atoms with E-state index in [1.165, 1.54) is 17.0 Å². The van der Waals surface area contributed by atoms with Gasteiger partial charge in [-0.1, -0.05) is 5.16 Å². The third kappa shape index (κ3) is 2.67. The molecule has 0 fully saturated rings. The largest absolute Gasteiger partial charge is 0.361 e. The maximum atomic E-state index is 12.6. The molecule has 0 saturated carbocycles. The second-order valence-corrected chi connectivity index (χ2v) is 7.30. The molecule has 118 valence electrons. The first-order chi connectivity index (χ1) is 10.5. The van der Waals surface area contributed by atoms with Crippen LogP contribution in [0.5, 0.6) is 0 Å². The van der Waals surface area contributed by atoms with Gasteiger partial charge in [0.2, 0.25) is 0 Å². The Labute approximate surface area is 134 Å². The summed E-state index contributed by atoms with van der Waals surface area (Å²) < 4.78 is 5.11. The van der Waals surface area contributed by atoms with Gasteiger partial charge in [-0.05, 0) is 40.0 Å². The lowest BCUT2D eigenvalue weighted by atomic mass is 9.90. The number of aromatic nitrogens is 2. The molecule has 1 atom stereocenters. The molecule has 2 heterocycles. The fourth-order valence-electron chi connectivity index (χ4n) is 3.20. The van der Waals surface area contributed by atoms with Gasteiger partial charge in [0.05, 0.1) is 16.4 Å². The highest BCUT2D eigenvalue weighted by Crippen LogP contribution is 2.35. The molecule has 1 amide bonds. The van der Waals surface area contributed by atoms with E-state index in [4.69, 9.17) is 9.51 Å². The second kappa shape index (κ2) is 5.83. The number of nitrogens with zero attached hydrogens (tertiary/aromatic N) is 3. The summed E-state index contributed by atoms with van der Waals surface area (Å²) in [5, 5.41) is 4.99. The highest BCUT2D eigenvalue weighted by Gasteiger charge is 2.28. The van der Waals surface area contributed by atoms with Gasteiger partial charge in [0.15, 0.2) is 0 Å². The zero-order chi connectivity index (χ0) is 15.9. The van der Waals surface area contributed by atoms with Crippen molar-refractivity contribution in [2.75, 3.05) is 13.6 Å². The predicted octanol–water partition coefficient (Wildman–Crippen LogP) is 3.25. The number of fused-ring (bicyclic) bond motifs is 1. The highest BCUT2D eigenvalue weighted by molar-refractivity contribution is 7.11. The molecule has 22 heavy (non-hydrogen) atoms. The van der Waals surface area contributed by atoms with Gasteiger partial charge in [-0.2, -0.15) is 0 Å². The second-order valence-electron chi connectivity index (χ2n) is 6.02. The van der Waals surface area contributed by atoms with Crippen LogP contribution < -0.4 is 0 Å². The standard InChI is InChI=1S/C16H21N3O2S/c1-9-14(10(2)21-18-9)16(20)19(4)8-12-6-5-7-13-15(12)17-11(3)22-13/h12H,5-8H2,1-4H3. The van der Waals surface area contributed by atoms with E-state index in [2.05, 4.69) is 12.1 Å². The fourth-order valence-corrected chi connectivity index (χ4v) is 4.26. The summed E-state index contributed by atoms with van der Waals surface area (Å²) >= 11 is 1.79. The molecule has 0 aromatic carbocycles. The Morgan fingerprint density at radius 1 is 1.41 bits per heavy atom. The molecule has 2 aromatic heterocycles. The van der Waals surface area contributed by atoms with Gasteiger partial charge in [-0.25, -0.2) is 4.98 Å². The van der Waals surface area contributed by atoms with Crippen LogP contribution in [-0.4, -0.2) is 34.5 Å². The number of hydrogen-bond donors (Lipinski definition) is 0. The van der Waals surface area contributed by atoms with Crippen LogP contribution in [0, 0.1) is 20.8 Å². The first-order valence-electron chi connectivity index (χ1n) is 7.62. The minimum atomic E-state index is -0.0182. The van der Waals surface area contributed by atoms with Crippen LogP contribution in [-0.2, 0) is 6.42 Å². The summed E-state index contributed by atoms with van der Waals surface area (Å²) in [6.07, 6.45) is 3.39. The van der Waals surface area contributed by atoms with E-state index in [0.29, 0.717) is 29.5 Å². The Morgan fingerprint density at radius 2 is 2.18 bits per heavy atom. The normalized spacial score (nSPS) is 17.4. The van der Waals surface area contributed by atoms with Crippen molar-refractivity contribution in [3.05, 3.63) is 32.6 Å². The number of rotatable bonds is 3. The van der Waals surface area contributed by atoms with E-state index in [-0.39, 0.29) is 5.91 Å². The van der Waals surface area contributed by atoms with Crippen LogP contribution in [0.2, 0.25) is 0 Å². The van der Waals surface area contributed by atoms with Gasteiger partial charge in [0.1, 0.15) is 11.3 Å². The van der Waals surface area contributed by atoms with Crippen molar-refractivity contribution in [2.45, 2.75) is 46.0 Å². The molecular formula is C16H21N3O2S. The van der Waals surface area contributed by atoms with E-state index in [1.54, 1.807) is 30.1 Å². The Bertz CT molecular complexity index is 685. The van der Waals surface area contributed by atoms with Crippen molar-refractivity contribution in [3.63, 3.8) is 0 Å². The van der Waals surface area contributed by atoms with Gasteiger partial charge >= 0.3 is 0 Å². The summed E-state index contributed by atoms with van der Waals surface area (Å²) in [6, 6.07) is 0. The molecule has 1 unspecified atom stereocenters. The third-order valence-electron chi connectivity index (χ3n) is 4.27. The molecule has 0 spiro atoms. The van der Waals surface area contributed by atoms with E-state index in [1.807, 2.05) is 7.05 Å². The molecular weight excluding hydrogens is 298 g/mol. The Hall–Kier alpha value is -1.69. The number of amides is 1. The van der Waals surface area contributed by atoms with E-state index in [0.717, 1.165) is 17.8 Å². The van der Waals surface area contributed by atoms with Crippen LogP contribution in [0.25, 0.3) is 0 Å². The molecule has 0 N–H and O–H groups in total. The van der Waals surface area contributed by atoms with Gasteiger partial charge in [-0.15, -0.1) is 11.3 Å². The Balaban J connectivity index is 1.78. The zero-order valence-electron chi connectivity index (χ0n) is 13.5. The summed E-state index contributed by atoms with van der Waals surface area (Å²) in [4.78, 5) is 20.5. The molecule has 6 heteroatoms. The number of carbonyl (C=O) groups is 1. The van der Waals surface area contributed by atoms with E-state index < -0.39 is 0 Å². The van der Waals surface area contributed by atoms with Crippen molar-refractivity contribution < 1.29 is 9.32 Å². The summed E-state index contributed by atoms with van der Waals surface area (Å²) in [6.45, 7) is 6.33. The van der Waals surface area contributed by atoms with Crippen LogP contribution in [0.3, 0.4) is 0 Å². The average molecular weight is 319 g/mol. The quantitative estimate of drug-likeness (QED) is 0.871. The van der Waals surface area contributed by atoms with Gasteiger partial charge < -0.3 is 9.42 Å². The zero-order valence-corrected chi connectivity index (χ0v) is 14.3. The molecule has 1 aliphatic carbocycles. The topological polar surface area (TPSA) is 59.2 Å². The molecule has 0 aliphatic heterocycles. The smallest absolute Gasteiger partial charge is 0.259 e. The van der Waals surface area contributed by atoms with Crippen molar-refractivity contribution in [1.82, 2.24) is 15.0 Å². The van der Waals surface area contributed by atoms with Gasteiger partial charge in [0, 0.05) is 24.4 Å². The maximum Gasteiger partial charge on any atom is 0.259 e. The van der Waals surface area contributed by atoms with Crippen molar-refractivity contribution in [3.8, 4) is 0 Å². The van der Waals surface area contributed by atoms with Crippen molar-refractivity contribution >= 4 is 17.2 Å². The summed E-state index contributed by atoms with van der Waals surface area (Å²) in [5.74, 6) is 0.904. The van der Waals surface area contributed by atoms with Crippen LogP contribution >= 0.6 is 11.3 Å². The van der Waals surface area contributed by atoms with Crippen LogP contribution in [0.1, 0.15) is 56.2 Å². The van der Waals surface area contributed by atoms with E-state index in [9.17, 15) is 4.79 Å². The Morgan fingerprint density at radius 3 is 2.86 bits per heavy atom. The lowest BCUT2D eigenvalue weighted by molar-refractivity contribution is 0.0780. The van der Waals surface area contributed by atoms with Crippen molar-refractivity contribution in [1.29, 1.82) is 0 Å². The molecule has 3 rings (SSSR count). The van der Waals surface area contributed by atoms with Crippen LogP contribution in [0.4, 0.5) is 0 Å². The lowest BCUT2D eigenvalue weighted by Crippen LogP contribution is -2.32. The lowest BCUT2D eigenvalue weighted by Gasteiger charge is -2.26. The van der Waals surface area contributed by atoms with E-state index >= 15 is 0 Å². The summed E-state index contributed by atoms with van der Waals surface area (Å²) in [7, 11) is 1.85. The third-order valence-corrected chi connectivity index (χ3v) is 5.31. The number of aryl methyl sites for hydroxylation is 4. The van der Waals surface area contributed by atoms with Crippen LogP contribution in [0.15, 0.2) is 4.52 Å². The minimum absolute atomic E-state index is 0.0182. The van der Waals surface area contributed by atoms with Gasteiger partial charge in [-0.3, -0.25) is 4.79 Å². The fraction of sp³-hybridized carbons (Fsp3) is 0.562. The monoisotopic (exact) mass is 319 g/mol. The number of hydrogen-bond acceptors (Lipinski definition) is 5. The summed E-state index contributed by atoms with van der Waals surface area (Å²) in [5.41, 5.74) is 2.45. The molecule has 0 saturated heterocycles. The molecule has 0 radical (unpaired) electrons. The molecule has 2 aromatic rings. The average Bonchev–Trinajstić information content (AvgIpc) is 3.01. The first-order valence-corrected chi connectivity index (χ1v) is 8.43. The number of carbonyl (C=O) groups excluding carboxylic acids is 1. The first kappa shape index (κ1) is 15.2. The van der Waals surface area contributed by atoms with Crippen molar-refractivity contribution in [2.24, 2.45) is 0 Å². The van der Waals surface area contributed by atoms with Gasteiger partial charge in [0.25, 0.3) is 5.91 Å². The minimum Gasteiger partial charge on any atom is -0.361 e. The Kier molecular flexibility index (Phi) is 4.04. The maximum absolute atomic E-state index is 12.6. The number of thiazole rings is 1. The highest BCUT2D eigenvalue weighted by atomic mass is 32.1.